The third-order valence-electron chi connectivity index (χ3n) is 2.79. The van der Waals surface area contributed by atoms with Crippen LogP contribution in [0.15, 0.2) is 23.1 Å². The first-order valence-corrected chi connectivity index (χ1v) is 8.17. The summed E-state index contributed by atoms with van der Waals surface area (Å²) >= 11 is 11.7. The second-order valence-electron chi connectivity index (χ2n) is 4.27. The monoisotopic (exact) mass is 339 g/mol. The van der Waals surface area contributed by atoms with Crippen LogP contribution in [0.25, 0.3) is 0 Å². The summed E-state index contributed by atoms with van der Waals surface area (Å²) < 4.78 is 26.7. The lowest BCUT2D eigenvalue weighted by molar-refractivity contribution is -0.138. The number of benzene rings is 1. The molecule has 0 heterocycles. The fourth-order valence-corrected chi connectivity index (χ4v) is 3.90. The summed E-state index contributed by atoms with van der Waals surface area (Å²) in [6, 6.07) is 4.40. The molecule has 0 aliphatic rings. The smallest absolute Gasteiger partial charge is 0.303 e. The van der Waals surface area contributed by atoms with E-state index in [2.05, 4.69) is 4.72 Å². The van der Waals surface area contributed by atoms with E-state index in [1.54, 1.807) is 13.0 Å². The highest BCUT2D eigenvalue weighted by atomic mass is 35.5. The van der Waals surface area contributed by atoms with E-state index >= 15 is 0 Å². The molecular weight excluding hydrogens is 325 g/mol. The molecule has 1 aromatic carbocycles. The molecule has 1 atom stereocenters. The number of carbonyl (C=O) groups is 1. The zero-order valence-corrected chi connectivity index (χ0v) is 13.1. The number of sulfonamides is 1. The van der Waals surface area contributed by atoms with Crippen LogP contribution in [-0.4, -0.2) is 26.0 Å². The minimum absolute atomic E-state index is 0.0205. The van der Waals surface area contributed by atoms with E-state index in [0.29, 0.717) is 6.42 Å². The molecule has 1 aromatic rings. The Labute approximate surface area is 127 Å². The van der Waals surface area contributed by atoms with Crippen molar-refractivity contribution in [3.05, 3.63) is 28.2 Å². The normalized spacial score (nSPS) is 13.2. The van der Waals surface area contributed by atoms with Gasteiger partial charge < -0.3 is 5.11 Å². The van der Waals surface area contributed by atoms with Crippen LogP contribution in [-0.2, 0) is 14.8 Å². The van der Waals surface area contributed by atoms with Crippen molar-refractivity contribution in [2.45, 2.75) is 24.7 Å². The standard InChI is InChI=1S/C12H15Cl2NO4S/c1-2-8(6-11(16)17)7-15-20(18,19)12-9(13)4-3-5-10(12)14/h3-5,8,15H,2,6-7H2,1H3,(H,16,17). The SMILES string of the molecule is CCC(CNS(=O)(=O)c1c(Cl)cccc1Cl)CC(=O)O. The molecule has 0 aliphatic heterocycles. The predicted molar refractivity (Wildman–Crippen MR) is 77.7 cm³/mol. The maximum absolute atomic E-state index is 12.2. The summed E-state index contributed by atoms with van der Waals surface area (Å²) in [6.45, 7) is 1.82. The van der Waals surface area contributed by atoms with Crippen molar-refractivity contribution < 1.29 is 18.3 Å². The first kappa shape index (κ1) is 17.2. The summed E-state index contributed by atoms with van der Waals surface area (Å²) in [5, 5.41) is 8.78. The highest BCUT2D eigenvalue weighted by Gasteiger charge is 2.23. The minimum Gasteiger partial charge on any atom is -0.481 e. The second kappa shape index (κ2) is 7.26. The average molecular weight is 340 g/mol. The molecule has 0 fully saturated rings. The number of rotatable bonds is 7. The molecule has 0 bridgehead atoms. The number of nitrogens with one attached hydrogen (secondary N) is 1. The van der Waals surface area contributed by atoms with Crippen LogP contribution in [0.1, 0.15) is 19.8 Å². The molecule has 0 radical (unpaired) electrons. The van der Waals surface area contributed by atoms with Gasteiger partial charge in [-0.3, -0.25) is 4.79 Å². The summed E-state index contributed by atoms with van der Waals surface area (Å²) in [5.41, 5.74) is 0. The Morgan fingerprint density at radius 2 is 1.90 bits per heavy atom. The largest absolute Gasteiger partial charge is 0.481 e. The third-order valence-corrected chi connectivity index (χ3v) is 5.17. The second-order valence-corrected chi connectivity index (χ2v) is 6.79. The molecule has 0 amide bonds. The Balaban J connectivity index is 2.88. The van der Waals surface area contributed by atoms with Gasteiger partial charge in [-0.2, -0.15) is 0 Å². The minimum atomic E-state index is -3.87. The molecule has 5 nitrogen and oxygen atoms in total. The third kappa shape index (κ3) is 4.63. The van der Waals surface area contributed by atoms with Crippen molar-refractivity contribution in [2.75, 3.05) is 6.54 Å². The highest BCUT2D eigenvalue weighted by molar-refractivity contribution is 7.89. The number of carboxylic acid groups (broad SMARTS) is 1. The van der Waals surface area contributed by atoms with Gasteiger partial charge in [-0.15, -0.1) is 0 Å². The van der Waals surface area contributed by atoms with E-state index < -0.39 is 16.0 Å². The fourth-order valence-electron chi connectivity index (χ4n) is 1.65. The lowest BCUT2D eigenvalue weighted by Gasteiger charge is -2.15. The number of aliphatic carboxylic acids is 1. The quantitative estimate of drug-likeness (QED) is 0.799. The number of carboxylic acids is 1. The summed E-state index contributed by atoms with van der Waals surface area (Å²) in [7, 11) is -3.87. The zero-order chi connectivity index (χ0) is 15.3. The van der Waals surface area contributed by atoms with Crippen LogP contribution < -0.4 is 4.72 Å². The van der Waals surface area contributed by atoms with Crippen molar-refractivity contribution in [2.24, 2.45) is 5.92 Å². The highest BCUT2D eigenvalue weighted by Crippen LogP contribution is 2.28. The van der Waals surface area contributed by atoms with E-state index in [4.69, 9.17) is 28.3 Å². The fraction of sp³-hybridized carbons (Fsp3) is 0.417. The molecule has 0 aliphatic carbocycles. The molecule has 0 aromatic heterocycles. The molecule has 1 unspecified atom stereocenters. The Bertz CT molecular complexity index is 569. The van der Waals surface area contributed by atoms with Crippen molar-refractivity contribution in [3.8, 4) is 0 Å². The van der Waals surface area contributed by atoms with Crippen molar-refractivity contribution in [3.63, 3.8) is 0 Å². The van der Waals surface area contributed by atoms with Gasteiger partial charge >= 0.3 is 5.97 Å². The Hall–Kier alpha value is -0.820. The number of hydrogen-bond acceptors (Lipinski definition) is 3. The van der Waals surface area contributed by atoms with Crippen LogP contribution >= 0.6 is 23.2 Å². The average Bonchev–Trinajstić information content (AvgIpc) is 2.33. The van der Waals surface area contributed by atoms with Crippen LogP contribution in [0, 0.1) is 5.92 Å². The zero-order valence-electron chi connectivity index (χ0n) is 10.8. The van der Waals surface area contributed by atoms with Crippen LogP contribution in [0.4, 0.5) is 0 Å². The van der Waals surface area contributed by atoms with Gasteiger partial charge in [0.05, 0.1) is 10.0 Å². The van der Waals surface area contributed by atoms with E-state index in [1.807, 2.05) is 0 Å². The van der Waals surface area contributed by atoms with E-state index in [1.165, 1.54) is 12.1 Å². The van der Waals surface area contributed by atoms with Gasteiger partial charge in [-0.1, -0.05) is 42.6 Å². The van der Waals surface area contributed by atoms with Crippen molar-refractivity contribution in [1.82, 2.24) is 4.72 Å². The van der Waals surface area contributed by atoms with Gasteiger partial charge in [0.25, 0.3) is 0 Å². The molecule has 112 valence electrons. The van der Waals surface area contributed by atoms with Gasteiger partial charge in [0.15, 0.2) is 0 Å². The van der Waals surface area contributed by atoms with Crippen LogP contribution in [0.5, 0.6) is 0 Å². The number of halogens is 2. The first-order valence-electron chi connectivity index (χ1n) is 5.93. The Kier molecular flexibility index (Phi) is 6.26. The first-order chi connectivity index (χ1) is 9.27. The topological polar surface area (TPSA) is 83.5 Å². The molecule has 20 heavy (non-hydrogen) atoms. The van der Waals surface area contributed by atoms with Gasteiger partial charge in [0, 0.05) is 13.0 Å². The van der Waals surface area contributed by atoms with Gasteiger partial charge in [-0.05, 0) is 18.1 Å². The lowest BCUT2D eigenvalue weighted by atomic mass is 10.0. The molecule has 0 spiro atoms. The van der Waals surface area contributed by atoms with Gasteiger partial charge in [0.1, 0.15) is 4.90 Å². The molecule has 8 heteroatoms. The summed E-state index contributed by atoms with van der Waals surface area (Å²) in [6.07, 6.45) is 0.445. The van der Waals surface area contributed by atoms with Crippen LogP contribution in [0.2, 0.25) is 10.0 Å². The van der Waals surface area contributed by atoms with Gasteiger partial charge in [-0.25, -0.2) is 13.1 Å². The maximum atomic E-state index is 12.2. The van der Waals surface area contributed by atoms with Crippen molar-refractivity contribution >= 4 is 39.2 Å². The molecule has 1 rings (SSSR count). The molecular formula is C12H15Cl2NO4S. The Morgan fingerprint density at radius 3 is 2.35 bits per heavy atom. The number of hydrogen-bond donors (Lipinski definition) is 2. The summed E-state index contributed by atoms with van der Waals surface area (Å²) in [5.74, 6) is -1.25. The Morgan fingerprint density at radius 1 is 1.35 bits per heavy atom. The summed E-state index contributed by atoms with van der Waals surface area (Å²) in [4.78, 5) is 10.5. The predicted octanol–water partition coefficient (Wildman–Crippen LogP) is 2.77. The van der Waals surface area contributed by atoms with Gasteiger partial charge in [0.2, 0.25) is 10.0 Å². The molecule has 2 N–H and O–H groups in total. The van der Waals surface area contributed by atoms with Crippen LogP contribution in [0.3, 0.4) is 0 Å². The lowest BCUT2D eigenvalue weighted by Crippen LogP contribution is -2.30. The molecule has 0 saturated carbocycles. The maximum Gasteiger partial charge on any atom is 0.303 e. The van der Waals surface area contributed by atoms with E-state index in [0.717, 1.165) is 0 Å². The van der Waals surface area contributed by atoms with E-state index in [-0.39, 0.29) is 33.8 Å². The van der Waals surface area contributed by atoms with Crippen molar-refractivity contribution in [1.29, 1.82) is 0 Å². The molecule has 0 saturated heterocycles. The van der Waals surface area contributed by atoms with E-state index in [9.17, 15) is 13.2 Å².